The summed E-state index contributed by atoms with van der Waals surface area (Å²) in [4.78, 5) is 13.0. The number of rotatable bonds is 2. The van der Waals surface area contributed by atoms with Crippen LogP contribution in [0.1, 0.15) is 12.8 Å². The average Bonchev–Trinajstić information content (AvgIpc) is 2.86. The number of piperidine rings is 1. The predicted octanol–water partition coefficient (Wildman–Crippen LogP) is 0.425. The van der Waals surface area contributed by atoms with Crippen molar-refractivity contribution in [2.75, 3.05) is 18.0 Å². The molecule has 0 aromatic carbocycles. The Hall–Kier alpha value is -2.18. The zero-order valence-corrected chi connectivity index (χ0v) is 9.73. The maximum Gasteiger partial charge on any atom is 0.308 e. The Morgan fingerprint density at radius 2 is 2.33 bits per heavy atom. The number of nitrogens with zero attached hydrogens (tertiary/aromatic N) is 5. The molecule has 2 aromatic heterocycles. The van der Waals surface area contributed by atoms with Crippen LogP contribution in [-0.2, 0) is 4.79 Å². The maximum atomic E-state index is 11.0. The van der Waals surface area contributed by atoms with Crippen LogP contribution in [-0.4, -0.2) is 44.0 Å². The van der Waals surface area contributed by atoms with Crippen LogP contribution in [0.25, 0.3) is 5.65 Å². The number of carboxylic acids is 1. The van der Waals surface area contributed by atoms with Crippen LogP contribution in [0.3, 0.4) is 0 Å². The number of carboxylic acid groups (broad SMARTS) is 1. The van der Waals surface area contributed by atoms with E-state index in [1.807, 2.05) is 17.0 Å². The highest BCUT2D eigenvalue weighted by molar-refractivity contribution is 5.71. The second kappa shape index (κ2) is 4.25. The molecule has 3 rings (SSSR count). The first-order valence-corrected chi connectivity index (χ1v) is 5.89. The van der Waals surface area contributed by atoms with Gasteiger partial charge in [-0.1, -0.05) is 0 Å². The van der Waals surface area contributed by atoms with E-state index < -0.39 is 5.97 Å². The van der Waals surface area contributed by atoms with E-state index in [1.165, 1.54) is 6.33 Å². The van der Waals surface area contributed by atoms with Gasteiger partial charge in [0.05, 0.1) is 5.92 Å². The number of hydrogen-bond acceptors (Lipinski definition) is 5. The van der Waals surface area contributed by atoms with E-state index in [0.29, 0.717) is 12.2 Å². The van der Waals surface area contributed by atoms with Gasteiger partial charge in [0.15, 0.2) is 5.65 Å². The van der Waals surface area contributed by atoms with Crippen molar-refractivity contribution in [1.29, 1.82) is 0 Å². The Balaban J connectivity index is 1.86. The van der Waals surface area contributed by atoms with E-state index in [1.54, 1.807) is 4.52 Å². The second-order valence-electron chi connectivity index (χ2n) is 4.45. The molecule has 1 aliphatic heterocycles. The summed E-state index contributed by atoms with van der Waals surface area (Å²) in [5, 5.41) is 21.1. The molecule has 1 fully saturated rings. The first kappa shape index (κ1) is 10.9. The van der Waals surface area contributed by atoms with Gasteiger partial charge < -0.3 is 10.0 Å². The third-order valence-corrected chi connectivity index (χ3v) is 3.24. The Kier molecular flexibility index (Phi) is 2.58. The standard InChI is InChI=1S/C11H13N5O2/c17-11(18)8-2-1-5-15(6-8)10-4-3-9-13-12-7-16(9)14-10/h3-4,7-8H,1-2,5-6H2,(H,17,18)/t8-/m1/s1. The van der Waals surface area contributed by atoms with Gasteiger partial charge in [-0.2, -0.15) is 4.52 Å². The summed E-state index contributed by atoms with van der Waals surface area (Å²) < 4.78 is 1.60. The number of fused-ring (bicyclic) bond motifs is 1. The van der Waals surface area contributed by atoms with Crippen molar-refractivity contribution < 1.29 is 9.90 Å². The highest BCUT2D eigenvalue weighted by Gasteiger charge is 2.26. The summed E-state index contributed by atoms with van der Waals surface area (Å²) in [6, 6.07) is 3.69. The Morgan fingerprint density at radius 1 is 1.44 bits per heavy atom. The van der Waals surface area contributed by atoms with Crippen LogP contribution < -0.4 is 4.90 Å². The lowest BCUT2D eigenvalue weighted by Gasteiger charge is -2.31. The highest BCUT2D eigenvalue weighted by atomic mass is 16.4. The Bertz CT molecular complexity index is 582. The monoisotopic (exact) mass is 247 g/mol. The van der Waals surface area contributed by atoms with Crippen LogP contribution >= 0.6 is 0 Å². The smallest absolute Gasteiger partial charge is 0.308 e. The highest BCUT2D eigenvalue weighted by Crippen LogP contribution is 2.21. The number of aromatic nitrogens is 4. The number of aliphatic carboxylic acids is 1. The lowest BCUT2D eigenvalue weighted by atomic mass is 9.98. The average molecular weight is 247 g/mol. The number of carbonyl (C=O) groups is 1. The SMILES string of the molecule is O=C(O)[C@@H]1CCCN(c2ccc3nncn3n2)C1. The largest absolute Gasteiger partial charge is 0.481 e. The fourth-order valence-corrected chi connectivity index (χ4v) is 2.27. The van der Waals surface area contributed by atoms with Gasteiger partial charge in [0.2, 0.25) is 0 Å². The lowest BCUT2D eigenvalue weighted by Crippen LogP contribution is -2.39. The second-order valence-corrected chi connectivity index (χ2v) is 4.45. The van der Waals surface area contributed by atoms with Gasteiger partial charge in [-0.25, -0.2) is 0 Å². The summed E-state index contributed by atoms with van der Waals surface area (Å²) in [6.45, 7) is 1.35. The molecule has 0 bridgehead atoms. The molecule has 1 atom stereocenters. The fourth-order valence-electron chi connectivity index (χ4n) is 2.27. The molecule has 1 N–H and O–H groups in total. The van der Waals surface area contributed by atoms with E-state index >= 15 is 0 Å². The molecule has 0 amide bonds. The molecule has 0 radical (unpaired) electrons. The van der Waals surface area contributed by atoms with Gasteiger partial charge in [0, 0.05) is 13.1 Å². The van der Waals surface area contributed by atoms with Crippen LogP contribution in [0.2, 0.25) is 0 Å². The number of anilines is 1. The van der Waals surface area contributed by atoms with Gasteiger partial charge in [-0.05, 0) is 25.0 Å². The van der Waals surface area contributed by atoms with Gasteiger partial charge in [-0.3, -0.25) is 4.79 Å². The summed E-state index contributed by atoms with van der Waals surface area (Å²) in [6.07, 6.45) is 3.15. The molecular formula is C11H13N5O2. The summed E-state index contributed by atoms with van der Waals surface area (Å²) >= 11 is 0. The minimum Gasteiger partial charge on any atom is -0.481 e. The minimum atomic E-state index is -0.731. The minimum absolute atomic E-state index is 0.308. The van der Waals surface area contributed by atoms with E-state index in [2.05, 4.69) is 15.3 Å². The van der Waals surface area contributed by atoms with Crippen molar-refractivity contribution >= 4 is 17.4 Å². The summed E-state index contributed by atoms with van der Waals surface area (Å²) in [5.41, 5.74) is 0.686. The molecule has 18 heavy (non-hydrogen) atoms. The molecule has 94 valence electrons. The molecule has 7 nitrogen and oxygen atoms in total. The van der Waals surface area contributed by atoms with Gasteiger partial charge >= 0.3 is 5.97 Å². The van der Waals surface area contributed by atoms with Gasteiger partial charge in [0.25, 0.3) is 0 Å². The molecule has 0 unspecified atom stereocenters. The van der Waals surface area contributed by atoms with Gasteiger partial charge in [-0.15, -0.1) is 15.3 Å². The van der Waals surface area contributed by atoms with Crippen molar-refractivity contribution in [3.05, 3.63) is 18.5 Å². The molecule has 7 heteroatoms. The molecule has 0 spiro atoms. The Labute approximate surface area is 103 Å². The van der Waals surface area contributed by atoms with E-state index in [4.69, 9.17) is 5.11 Å². The molecule has 1 saturated heterocycles. The van der Waals surface area contributed by atoms with Gasteiger partial charge in [0.1, 0.15) is 12.1 Å². The zero-order chi connectivity index (χ0) is 12.5. The molecule has 0 saturated carbocycles. The maximum absolute atomic E-state index is 11.0. The normalized spacial score (nSPS) is 20.2. The fraction of sp³-hybridized carbons (Fsp3) is 0.455. The first-order chi connectivity index (χ1) is 8.74. The third kappa shape index (κ3) is 1.87. The summed E-state index contributed by atoms with van der Waals surface area (Å²) in [5.74, 6) is -0.268. The predicted molar refractivity (Wildman–Crippen MR) is 63.4 cm³/mol. The van der Waals surface area contributed by atoms with Crippen molar-refractivity contribution in [2.45, 2.75) is 12.8 Å². The van der Waals surface area contributed by atoms with Crippen molar-refractivity contribution in [1.82, 2.24) is 19.8 Å². The molecule has 0 aliphatic carbocycles. The van der Waals surface area contributed by atoms with Crippen molar-refractivity contribution in [3.8, 4) is 0 Å². The number of hydrogen-bond donors (Lipinski definition) is 1. The van der Waals surface area contributed by atoms with Crippen LogP contribution in [0.5, 0.6) is 0 Å². The van der Waals surface area contributed by atoms with Crippen molar-refractivity contribution in [3.63, 3.8) is 0 Å². The van der Waals surface area contributed by atoms with Crippen LogP contribution in [0.15, 0.2) is 18.5 Å². The van der Waals surface area contributed by atoms with Crippen LogP contribution in [0, 0.1) is 5.92 Å². The van der Waals surface area contributed by atoms with E-state index in [0.717, 1.165) is 25.2 Å². The zero-order valence-electron chi connectivity index (χ0n) is 9.73. The molecule has 1 aliphatic rings. The Morgan fingerprint density at radius 3 is 3.17 bits per heavy atom. The molecular weight excluding hydrogens is 234 g/mol. The quantitative estimate of drug-likeness (QED) is 0.828. The van der Waals surface area contributed by atoms with Crippen LogP contribution in [0.4, 0.5) is 5.82 Å². The molecule has 3 heterocycles. The lowest BCUT2D eigenvalue weighted by molar-refractivity contribution is -0.141. The topological polar surface area (TPSA) is 83.6 Å². The van der Waals surface area contributed by atoms with Crippen molar-refractivity contribution in [2.24, 2.45) is 5.92 Å². The third-order valence-electron chi connectivity index (χ3n) is 3.24. The van der Waals surface area contributed by atoms with E-state index in [9.17, 15) is 4.79 Å². The summed E-state index contributed by atoms with van der Waals surface area (Å²) in [7, 11) is 0. The first-order valence-electron chi connectivity index (χ1n) is 5.89. The van der Waals surface area contributed by atoms with E-state index in [-0.39, 0.29) is 5.92 Å². The molecule has 2 aromatic rings.